The second-order valence-corrected chi connectivity index (χ2v) is 19.3. The van der Waals surface area contributed by atoms with Crippen LogP contribution < -0.4 is 0 Å². The Morgan fingerprint density at radius 2 is 1.57 bits per heavy atom. The van der Waals surface area contributed by atoms with Crippen molar-refractivity contribution in [1.29, 1.82) is 0 Å². The standard InChI is InChI=1S/C50H77NO12/c1-30-15-11-10-12-16-31(2)44(60-8)27-38-20-18-36(7)50(59,63-38)47(56)48(57)51-22-14-13-17-39(51)49(58)62-45(35(6)25-37-19-21-40(52)46(26-37)61-9)29-43(55)34(5)24-33(4)42(54)28-41(53)32(3)23-30/h10-12,15-16,24,30,32,34-40,42,44-46,52,54,59H,13-14,17-23,25-29H2,1-9H3/b12-10+,15-11+,31-16+,33-24+/t30-,32-,34-,35-,36-,37+,38+,39+,40-,42+,44+,45-,46-,50-/m1/s1. The number of carbonyl (C=O) groups excluding carboxylic acids is 5. The number of allylic oxidation sites excluding steroid dienone is 6. The van der Waals surface area contributed by atoms with Crippen LogP contribution in [-0.2, 0) is 42.9 Å². The summed E-state index contributed by atoms with van der Waals surface area (Å²) in [6.07, 6.45) is 13.0. The van der Waals surface area contributed by atoms with Crippen LogP contribution in [0.4, 0.5) is 0 Å². The van der Waals surface area contributed by atoms with Crippen molar-refractivity contribution in [3.63, 3.8) is 0 Å². The summed E-state index contributed by atoms with van der Waals surface area (Å²) in [4.78, 5) is 71.1. The number of fused-ring (bicyclic) bond motifs is 3. The molecule has 3 N–H and O–H groups in total. The average molecular weight is 884 g/mol. The van der Waals surface area contributed by atoms with Gasteiger partial charge in [-0.1, -0.05) is 71.1 Å². The zero-order chi connectivity index (χ0) is 46.6. The Balaban J connectivity index is 1.67. The summed E-state index contributed by atoms with van der Waals surface area (Å²) in [5.74, 6) is -7.36. The fourth-order valence-corrected chi connectivity index (χ4v) is 9.78. The normalized spacial score (nSPS) is 40.1. The summed E-state index contributed by atoms with van der Waals surface area (Å²) in [5.41, 5.74) is 1.39. The molecule has 0 aromatic rings. The van der Waals surface area contributed by atoms with Crippen LogP contribution in [0.25, 0.3) is 0 Å². The van der Waals surface area contributed by atoms with Crippen molar-refractivity contribution in [2.75, 3.05) is 20.8 Å². The van der Waals surface area contributed by atoms with E-state index in [2.05, 4.69) is 0 Å². The minimum atomic E-state index is -2.42. The van der Waals surface area contributed by atoms with Gasteiger partial charge >= 0.3 is 5.97 Å². The predicted molar refractivity (Wildman–Crippen MR) is 239 cm³/mol. The molecule has 2 saturated heterocycles. The number of Topliss-reactive ketones (excluding diaryl/α,β-unsaturated/α-hetero) is 3. The first kappa shape index (κ1) is 52.3. The Kier molecular flexibility index (Phi) is 20.1. The van der Waals surface area contributed by atoms with Gasteiger partial charge in [-0.25, -0.2) is 4.79 Å². The third kappa shape index (κ3) is 14.3. The Morgan fingerprint density at radius 1 is 0.841 bits per heavy atom. The summed E-state index contributed by atoms with van der Waals surface area (Å²) in [6.45, 7) is 12.9. The lowest BCUT2D eigenvalue weighted by atomic mass is 9.78. The van der Waals surface area contributed by atoms with Gasteiger partial charge in [0.1, 0.15) is 23.7 Å². The highest BCUT2D eigenvalue weighted by molar-refractivity contribution is 6.39. The van der Waals surface area contributed by atoms with Gasteiger partial charge < -0.3 is 39.2 Å². The molecule has 63 heavy (non-hydrogen) atoms. The topological polar surface area (TPSA) is 186 Å². The van der Waals surface area contributed by atoms with Crippen molar-refractivity contribution in [2.24, 2.45) is 35.5 Å². The smallest absolute Gasteiger partial charge is 0.329 e. The monoisotopic (exact) mass is 884 g/mol. The molecule has 3 heterocycles. The molecule has 0 aromatic carbocycles. The van der Waals surface area contributed by atoms with Crippen LogP contribution in [0.2, 0.25) is 0 Å². The van der Waals surface area contributed by atoms with Crippen LogP contribution in [0.15, 0.2) is 47.6 Å². The molecule has 3 fully saturated rings. The van der Waals surface area contributed by atoms with Gasteiger partial charge in [0.25, 0.3) is 11.7 Å². The van der Waals surface area contributed by atoms with E-state index >= 15 is 0 Å². The molecule has 4 rings (SSSR count). The minimum Gasteiger partial charge on any atom is -0.460 e. The van der Waals surface area contributed by atoms with Crippen LogP contribution in [0.3, 0.4) is 0 Å². The molecule has 354 valence electrons. The van der Waals surface area contributed by atoms with E-state index in [1.54, 1.807) is 41.1 Å². The number of nitrogens with zero attached hydrogens (tertiary/aromatic N) is 1. The van der Waals surface area contributed by atoms with Gasteiger partial charge in [-0.05, 0) is 107 Å². The Morgan fingerprint density at radius 3 is 2.27 bits per heavy atom. The summed E-state index contributed by atoms with van der Waals surface area (Å²) < 4.78 is 23.8. The third-order valence-electron chi connectivity index (χ3n) is 14.2. The van der Waals surface area contributed by atoms with Crippen LogP contribution in [0.1, 0.15) is 132 Å². The first-order valence-corrected chi connectivity index (χ1v) is 23.4. The van der Waals surface area contributed by atoms with Crippen molar-refractivity contribution in [2.45, 2.75) is 180 Å². The molecule has 1 aliphatic carbocycles. The highest BCUT2D eigenvalue weighted by Crippen LogP contribution is 2.37. The lowest BCUT2D eigenvalue weighted by Gasteiger charge is -2.42. The molecule has 4 aliphatic rings. The number of amides is 1. The fraction of sp³-hybridized carbons (Fsp3) is 0.740. The molecule has 0 radical (unpaired) electrons. The van der Waals surface area contributed by atoms with Crippen LogP contribution in [-0.4, -0.2) is 119 Å². The maximum absolute atomic E-state index is 14.3. The lowest BCUT2D eigenvalue weighted by molar-refractivity contribution is -0.265. The number of rotatable bonds is 5. The molecule has 0 unspecified atom stereocenters. The molecule has 2 bridgehead atoms. The van der Waals surface area contributed by atoms with Gasteiger partial charge in [-0.2, -0.15) is 0 Å². The van der Waals surface area contributed by atoms with Gasteiger partial charge in [-0.3, -0.25) is 19.2 Å². The van der Waals surface area contributed by atoms with E-state index in [4.69, 9.17) is 18.9 Å². The van der Waals surface area contributed by atoms with Crippen LogP contribution >= 0.6 is 0 Å². The van der Waals surface area contributed by atoms with Crippen molar-refractivity contribution >= 4 is 29.2 Å². The maximum atomic E-state index is 14.3. The highest BCUT2D eigenvalue weighted by atomic mass is 16.6. The lowest BCUT2D eigenvalue weighted by Crippen LogP contribution is -2.61. The third-order valence-corrected chi connectivity index (χ3v) is 14.2. The number of methoxy groups -OCH3 is 2. The number of aliphatic hydroxyl groups excluding tert-OH is 2. The number of hydrogen-bond donors (Lipinski definition) is 3. The summed E-state index contributed by atoms with van der Waals surface area (Å²) in [7, 11) is 3.15. The Labute approximate surface area is 375 Å². The predicted octanol–water partition coefficient (Wildman–Crippen LogP) is 6.56. The quantitative estimate of drug-likeness (QED) is 0.154. The molecule has 1 amide bonds. The van der Waals surface area contributed by atoms with Crippen molar-refractivity contribution in [3.8, 4) is 0 Å². The molecule has 0 aromatic heterocycles. The SMILES string of the molecule is CO[C@H]1C[C@@H]2CC[C@@H](C)[C@@](O)(O2)C(=O)C(=O)N2CCCC[C@H]2C(=O)O[C@@H]([C@H](C)C[C@@H]2CC[C@@H](O)[C@H](OC)C2)CC(=O)[C@H](C)/C=C(\C)[C@@H](O)CC(=O)[C@H](C)C[C@H](C)/C=C/C=C/C=C/1C. The first-order valence-electron chi connectivity index (χ1n) is 23.4. The zero-order valence-electron chi connectivity index (χ0n) is 39.3. The largest absolute Gasteiger partial charge is 0.460 e. The van der Waals surface area contributed by atoms with Crippen molar-refractivity contribution < 1.29 is 58.2 Å². The second kappa shape index (κ2) is 24.3. The van der Waals surface area contributed by atoms with E-state index in [0.717, 1.165) is 12.0 Å². The second-order valence-electron chi connectivity index (χ2n) is 19.3. The molecule has 13 heteroatoms. The Hall–Kier alpha value is -3.33. The van der Waals surface area contributed by atoms with Gasteiger partial charge in [0.15, 0.2) is 0 Å². The minimum absolute atomic E-state index is 0.0725. The number of hydrogen-bond acceptors (Lipinski definition) is 12. The molecule has 13 nitrogen and oxygen atoms in total. The summed E-state index contributed by atoms with van der Waals surface area (Å²) >= 11 is 0. The van der Waals surface area contributed by atoms with E-state index in [9.17, 15) is 39.3 Å². The molecular weight excluding hydrogens is 807 g/mol. The number of esters is 1. The van der Waals surface area contributed by atoms with E-state index in [1.807, 2.05) is 58.1 Å². The van der Waals surface area contributed by atoms with Gasteiger partial charge in [0.05, 0.1) is 30.5 Å². The van der Waals surface area contributed by atoms with E-state index < -0.39 is 71.8 Å². The van der Waals surface area contributed by atoms with Gasteiger partial charge in [-0.15, -0.1) is 0 Å². The number of aliphatic hydroxyl groups is 3. The average Bonchev–Trinajstić information content (AvgIpc) is 3.25. The van der Waals surface area contributed by atoms with Gasteiger partial charge in [0, 0.05) is 57.8 Å². The van der Waals surface area contributed by atoms with Crippen LogP contribution in [0, 0.1) is 35.5 Å². The maximum Gasteiger partial charge on any atom is 0.329 e. The van der Waals surface area contributed by atoms with Crippen molar-refractivity contribution in [3.05, 3.63) is 47.6 Å². The van der Waals surface area contributed by atoms with Gasteiger partial charge in [0.2, 0.25) is 5.79 Å². The number of ketones is 3. The molecule has 3 aliphatic heterocycles. The van der Waals surface area contributed by atoms with E-state index in [0.29, 0.717) is 63.4 Å². The molecular formula is C50H77NO12. The van der Waals surface area contributed by atoms with E-state index in [1.165, 1.54) is 4.90 Å². The van der Waals surface area contributed by atoms with Crippen molar-refractivity contribution in [1.82, 2.24) is 4.90 Å². The number of ether oxygens (including phenoxy) is 4. The zero-order valence-corrected chi connectivity index (χ0v) is 39.3. The molecule has 14 atom stereocenters. The number of piperidine rings is 1. The number of cyclic esters (lactones) is 1. The first-order chi connectivity index (χ1) is 29.8. The Bertz CT molecular complexity index is 1700. The highest BCUT2D eigenvalue weighted by Gasteiger charge is 2.53. The number of carbonyl (C=O) groups is 5. The van der Waals surface area contributed by atoms with Crippen LogP contribution in [0.5, 0.6) is 0 Å². The summed E-state index contributed by atoms with van der Waals surface area (Å²) in [6, 6.07) is -1.12. The fourth-order valence-electron chi connectivity index (χ4n) is 9.78. The summed E-state index contributed by atoms with van der Waals surface area (Å²) in [5, 5.41) is 33.5. The van der Waals surface area contributed by atoms with E-state index in [-0.39, 0.29) is 67.1 Å². The molecule has 0 spiro atoms. The molecule has 1 saturated carbocycles.